The SMILES string of the molecule is CCCn1cnc2c1c(=O)[nH]c(=O)n2CC. The van der Waals surface area contributed by atoms with E-state index in [9.17, 15) is 9.59 Å². The van der Waals surface area contributed by atoms with Crippen LogP contribution in [0.5, 0.6) is 0 Å². The molecule has 0 aliphatic rings. The molecule has 0 saturated heterocycles. The van der Waals surface area contributed by atoms with Crippen molar-refractivity contribution in [3.63, 3.8) is 0 Å². The van der Waals surface area contributed by atoms with Crippen LogP contribution in [0.1, 0.15) is 20.3 Å². The van der Waals surface area contributed by atoms with Gasteiger partial charge in [-0.15, -0.1) is 0 Å². The topological polar surface area (TPSA) is 72.7 Å². The average molecular weight is 222 g/mol. The van der Waals surface area contributed by atoms with Crippen molar-refractivity contribution in [3.05, 3.63) is 27.2 Å². The van der Waals surface area contributed by atoms with Crippen LogP contribution in [0.2, 0.25) is 0 Å². The number of H-pyrrole nitrogens is 1. The van der Waals surface area contributed by atoms with Gasteiger partial charge in [0.1, 0.15) is 0 Å². The summed E-state index contributed by atoms with van der Waals surface area (Å²) in [5.41, 5.74) is 0.172. The number of nitrogens with zero attached hydrogens (tertiary/aromatic N) is 3. The first kappa shape index (κ1) is 10.7. The van der Waals surface area contributed by atoms with Crippen LogP contribution in [-0.2, 0) is 13.1 Å². The van der Waals surface area contributed by atoms with Crippen molar-refractivity contribution in [3.8, 4) is 0 Å². The van der Waals surface area contributed by atoms with E-state index in [1.165, 1.54) is 4.57 Å². The van der Waals surface area contributed by atoms with Gasteiger partial charge in [-0.3, -0.25) is 14.3 Å². The summed E-state index contributed by atoms with van der Waals surface area (Å²) in [6, 6.07) is 0. The van der Waals surface area contributed by atoms with Crippen molar-refractivity contribution >= 4 is 11.2 Å². The van der Waals surface area contributed by atoms with Crippen LogP contribution in [0.25, 0.3) is 11.2 Å². The Morgan fingerprint density at radius 2 is 2.12 bits per heavy atom. The largest absolute Gasteiger partial charge is 0.330 e. The number of aromatic amines is 1. The van der Waals surface area contributed by atoms with E-state index in [0.29, 0.717) is 17.7 Å². The second kappa shape index (κ2) is 3.96. The molecule has 2 aromatic rings. The molecule has 0 unspecified atom stereocenters. The number of hydrogen-bond donors (Lipinski definition) is 1. The molecular weight excluding hydrogens is 208 g/mol. The Hall–Kier alpha value is -1.85. The van der Waals surface area contributed by atoms with Gasteiger partial charge in [0, 0.05) is 13.1 Å². The van der Waals surface area contributed by atoms with E-state index in [1.807, 2.05) is 13.8 Å². The molecule has 0 saturated carbocycles. The summed E-state index contributed by atoms with van der Waals surface area (Å²) < 4.78 is 3.24. The zero-order chi connectivity index (χ0) is 11.7. The Balaban J connectivity index is 2.85. The predicted molar refractivity (Wildman–Crippen MR) is 60.6 cm³/mol. The third kappa shape index (κ3) is 1.46. The third-order valence-corrected chi connectivity index (χ3v) is 2.54. The molecule has 6 heteroatoms. The Kier molecular flexibility index (Phi) is 2.64. The molecule has 0 fully saturated rings. The quantitative estimate of drug-likeness (QED) is 0.812. The lowest BCUT2D eigenvalue weighted by Gasteiger charge is -2.03. The molecule has 2 aromatic heterocycles. The summed E-state index contributed by atoms with van der Waals surface area (Å²) in [4.78, 5) is 29.6. The number of imidazole rings is 1. The highest BCUT2D eigenvalue weighted by Gasteiger charge is 2.11. The van der Waals surface area contributed by atoms with Gasteiger partial charge in [0.15, 0.2) is 11.2 Å². The van der Waals surface area contributed by atoms with Gasteiger partial charge in [-0.2, -0.15) is 0 Å². The summed E-state index contributed by atoms with van der Waals surface area (Å²) in [6.45, 7) is 5.09. The zero-order valence-electron chi connectivity index (χ0n) is 9.36. The number of rotatable bonds is 3. The smallest absolute Gasteiger partial charge is 0.325 e. The number of nitrogens with one attached hydrogen (secondary N) is 1. The summed E-state index contributed by atoms with van der Waals surface area (Å²) in [5, 5.41) is 0. The van der Waals surface area contributed by atoms with E-state index < -0.39 is 5.69 Å². The molecule has 0 amide bonds. The number of aryl methyl sites for hydroxylation is 2. The molecule has 6 nitrogen and oxygen atoms in total. The second-order valence-corrected chi connectivity index (χ2v) is 3.61. The summed E-state index contributed by atoms with van der Waals surface area (Å²) in [6.07, 6.45) is 2.52. The van der Waals surface area contributed by atoms with Crippen molar-refractivity contribution < 1.29 is 0 Å². The standard InChI is InChI=1S/C10H14N4O2/c1-3-5-13-6-11-8-7(13)9(15)12-10(16)14(8)4-2/h6H,3-5H2,1-2H3,(H,12,15,16). The van der Waals surface area contributed by atoms with Gasteiger partial charge in [0.2, 0.25) is 0 Å². The van der Waals surface area contributed by atoms with Crippen LogP contribution in [0, 0.1) is 0 Å². The van der Waals surface area contributed by atoms with Crippen molar-refractivity contribution in [2.75, 3.05) is 0 Å². The van der Waals surface area contributed by atoms with E-state index in [4.69, 9.17) is 0 Å². The number of hydrogen-bond acceptors (Lipinski definition) is 3. The van der Waals surface area contributed by atoms with Crippen LogP contribution in [-0.4, -0.2) is 19.1 Å². The monoisotopic (exact) mass is 222 g/mol. The Labute approximate surface area is 91.5 Å². The van der Waals surface area contributed by atoms with Gasteiger partial charge >= 0.3 is 5.69 Å². The van der Waals surface area contributed by atoms with Gasteiger partial charge in [-0.1, -0.05) is 6.92 Å². The van der Waals surface area contributed by atoms with Crippen molar-refractivity contribution in [2.45, 2.75) is 33.4 Å². The Bertz CT molecular complexity index is 620. The van der Waals surface area contributed by atoms with Crippen molar-refractivity contribution in [1.29, 1.82) is 0 Å². The second-order valence-electron chi connectivity index (χ2n) is 3.61. The highest BCUT2D eigenvalue weighted by atomic mass is 16.2. The highest BCUT2D eigenvalue weighted by Crippen LogP contribution is 2.06. The van der Waals surface area contributed by atoms with Crippen molar-refractivity contribution in [2.24, 2.45) is 0 Å². The lowest BCUT2D eigenvalue weighted by molar-refractivity contribution is 0.689. The van der Waals surface area contributed by atoms with Gasteiger partial charge in [0.25, 0.3) is 5.56 Å². The number of fused-ring (bicyclic) bond motifs is 1. The van der Waals surface area contributed by atoms with Crippen molar-refractivity contribution in [1.82, 2.24) is 19.1 Å². The van der Waals surface area contributed by atoms with Gasteiger partial charge < -0.3 is 4.57 Å². The van der Waals surface area contributed by atoms with Crippen LogP contribution >= 0.6 is 0 Å². The molecule has 16 heavy (non-hydrogen) atoms. The maximum atomic E-state index is 11.7. The van der Waals surface area contributed by atoms with Gasteiger partial charge in [-0.05, 0) is 13.3 Å². The molecule has 2 rings (SSSR count). The first-order valence-corrected chi connectivity index (χ1v) is 5.37. The highest BCUT2D eigenvalue weighted by molar-refractivity contribution is 5.69. The normalized spacial score (nSPS) is 11.1. The fraction of sp³-hybridized carbons (Fsp3) is 0.500. The van der Waals surface area contributed by atoms with E-state index in [1.54, 1.807) is 10.9 Å². The molecule has 2 heterocycles. The maximum absolute atomic E-state index is 11.7. The molecule has 0 radical (unpaired) electrons. The lowest BCUT2D eigenvalue weighted by atomic mass is 10.4. The minimum atomic E-state index is -0.401. The molecule has 0 spiro atoms. The minimum Gasteiger partial charge on any atom is -0.325 e. The van der Waals surface area contributed by atoms with Gasteiger partial charge in [-0.25, -0.2) is 9.78 Å². The molecule has 86 valence electrons. The third-order valence-electron chi connectivity index (χ3n) is 2.54. The zero-order valence-corrected chi connectivity index (χ0v) is 9.36. The summed E-state index contributed by atoms with van der Waals surface area (Å²) in [5.74, 6) is 0. The van der Waals surface area contributed by atoms with E-state index >= 15 is 0 Å². The first-order chi connectivity index (χ1) is 7.69. The molecule has 0 aliphatic heterocycles. The average Bonchev–Trinajstić information content (AvgIpc) is 2.63. The van der Waals surface area contributed by atoms with Crippen LogP contribution < -0.4 is 11.2 Å². The Morgan fingerprint density at radius 3 is 2.75 bits per heavy atom. The van der Waals surface area contributed by atoms with E-state index in [2.05, 4.69) is 9.97 Å². The molecule has 1 N–H and O–H groups in total. The van der Waals surface area contributed by atoms with Gasteiger partial charge in [0.05, 0.1) is 6.33 Å². The predicted octanol–water partition coefficient (Wildman–Crippen LogP) is 0.316. The van der Waals surface area contributed by atoms with E-state index in [-0.39, 0.29) is 5.56 Å². The molecular formula is C10H14N4O2. The summed E-state index contributed by atoms with van der Waals surface area (Å²) >= 11 is 0. The molecule has 0 aliphatic carbocycles. The fourth-order valence-electron chi connectivity index (χ4n) is 1.83. The van der Waals surface area contributed by atoms with Crippen LogP contribution in [0.15, 0.2) is 15.9 Å². The fourth-order valence-corrected chi connectivity index (χ4v) is 1.83. The summed E-state index contributed by atoms with van der Waals surface area (Å²) in [7, 11) is 0. The van der Waals surface area contributed by atoms with Crippen LogP contribution in [0.3, 0.4) is 0 Å². The van der Waals surface area contributed by atoms with E-state index in [0.717, 1.165) is 13.0 Å². The maximum Gasteiger partial charge on any atom is 0.330 e. The number of aromatic nitrogens is 4. The minimum absolute atomic E-state index is 0.365. The molecule has 0 bridgehead atoms. The molecule has 0 atom stereocenters. The lowest BCUT2D eigenvalue weighted by Crippen LogP contribution is -2.30. The molecule has 0 aromatic carbocycles. The first-order valence-electron chi connectivity index (χ1n) is 5.37. The van der Waals surface area contributed by atoms with Crippen LogP contribution in [0.4, 0.5) is 0 Å². The Morgan fingerprint density at radius 1 is 1.38 bits per heavy atom.